The summed E-state index contributed by atoms with van der Waals surface area (Å²) in [5.74, 6) is 0.586. The standard InChI is InChI=1S/C17H20N4O2.C2H6/c1-3-13(4-2)12-23-16-10-14-11-20(8-9-21(14)19-16)17(22)15-6-5-7-18-15;1-2/h3-7,10,18H,1,8-9,11-12H2,2H3;1-2H3/b13-4+;. The molecule has 0 saturated carbocycles. The lowest BCUT2D eigenvalue weighted by Crippen LogP contribution is -2.38. The molecule has 0 aliphatic carbocycles. The Labute approximate surface area is 148 Å². The Bertz CT molecular complexity index is 729. The summed E-state index contributed by atoms with van der Waals surface area (Å²) in [7, 11) is 0. The maximum absolute atomic E-state index is 12.4. The smallest absolute Gasteiger partial charge is 0.270 e. The summed E-state index contributed by atoms with van der Waals surface area (Å²) in [5.41, 5.74) is 2.60. The van der Waals surface area contributed by atoms with Crippen LogP contribution in [0, 0.1) is 0 Å². The van der Waals surface area contributed by atoms with Gasteiger partial charge in [-0.2, -0.15) is 0 Å². The maximum atomic E-state index is 12.4. The molecule has 0 aromatic carbocycles. The average Bonchev–Trinajstić information content (AvgIpc) is 3.32. The second-order valence-electron chi connectivity index (χ2n) is 5.36. The number of nitrogens with one attached hydrogen (secondary N) is 1. The van der Waals surface area contributed by atoms with E-state index in [4.69, 9.17) is 4.74 Å². The fourth-order valence-electron chi connectivity index (χ4n) is 2.53. The largest absolute Gasteiger partial charge is 0.472 e. The number of aromatic nitrogens is 3. The quantitative estimate of drug-likeness (QED) is 0.847. The minimum absolute atomic E-state index is 0.00720. The highest BCUT2D eigenvalue weighted by Crippen LogP contribution is 2.19. The van der Waals surface area contributed by atoms with Crippen molar-refractivity contribution in [3.63, 3.8) is 0 Å². The second kappa shape index (κ2) is 8.92. The number of nitrogens with zero attached hydrogens (tertiary/aromatic N) is 3. The SMILES string of the molecule is C=C/C(=C\C)COc1cc2n(n1)CCN(C(=O)c1ccc[nH]1)C2.CC. The van der Waals surface area contributed by atoms with Crippen LogP contribution < -0.4 is 4.74 Å². The van der Waals surface area contributed by atoms with Crippen LogP contribution in [-0.4, -0.2) is 38.7 Å². The minimum atomic E-state index is 0.00720. The second-order valence-corrected chi connectivity index (χ2v) is 5.36. The van der Waals surface area contributed by atoms with Crippen molar-refractivity contribution in [3.05, 3.63) is 60.1 Å². The molecule has 0 unspecified atom stereocenters. The van der Waals surface area contributed by atoms with Gasteiger partial charge in [-0.15, -0.1) is 5.10 Å². The van der Waals surface area contributed by atoms with Crippen LogP contribution in [-0.2, 0) is 13.1 Å². The predicted molar refractivity (Wildman–Crippen MR) is 98.6 cm³/mol. The first-order chi connectivity index (χ1) is 12.2. The van der Waals surface area contributed by atoms with Gasteiger partial charge in [0, 0.05) is 18.8 Å². The van der Waals surface area contributed by atoms with E-state index < -0.39 is 0 Å². The molecule has 0 radical (unpaired) electrons. The summed E-state index contributed by atoms with van der Waals surface area (Å²) in [6.07, 6.45) is 5.48. The van der Waals surface area contributed by atoms with Crippen molar-refractivity contribution in [2.75, 3.05) is 13.2 Å². The third kappa shape index (κ3) is 4.41. The van der Waals surface area contributed by atoms with Gasteiger partial charge in [0.1, 0.15) is 12.3 Å². The lowest BCUT2D eigenvalue weighted by molar-refractivity contribution is 0.0700. The zero-order chi connectivity index (χ0) is 18.2. The van der Waals surface area contributed by atoms with E-state index in [0.717, 1.165) is 11.3 Å². The molecule has 2 aromatic rings. The number of carbonyl (C=O) groups is 1. The van der Waals surface area contributed by atoms with E-state index in [-0.39, 0.29) is 5.91 Å². The fourth-order valence-corrected chi connectivity index (χ4v) is 2.53. The molecule has 0 spiro atoms. The maximum Gasteiger partial charge on any atom is 0.270 e. The number of amides is 1. The molecule has 0 saturated heterocycles. The lowest BCUT2D eigenvalue weighted by atomic mass is 10.2. The van der Waals surface area contributed by atoms with Crippen molar-refractivity contribution in [2.45, 2.75) is 33.9 Å². The van der Waals surface area contributed by atoms with Gasteiger partial charge in [0.2, 0.25) is 5.88 Å². The molecule has 2 aromatic heterocycles. The van der Waals surface area contributed by atoms with Crippen LogP contribution in [0.4, 0.5) is 0 Å². The summed E-state index contributed by atoms with van der Waals surface area (Å²) >= 11 is 0. The summed E-state index contributed by atoms with van der Waals surface area (Å²) in [4.78, 5) is 17.2. The fraction of sp³-hybridized carbons (Fsp3) is 0.368. The van der Waals surface area contributed by atoms with Gasteiger partial charge < -0.3 is 14.6 Å². The highest BCUT2D eigenvalue weighted by atomic mass is 16.5. The van der Waals surface area contributed by atoms with Gasteiger partial charge in [-0.25, -0.2) is 0 Å². The molecule has 0 bridgehead atoms. The molecular formula is C19H26N4O2. The van der Waals surface area contributed by atoms with Crippen LogP contribution in [0.1, 0.15) is 37.0 Å². The van der Waals surface area contributed by atoms with E-state index >= 15 is 0 Å². The van der Waals surface area contributed by atoms with Crippen molar-refractivity contribution < 1.29 is 9.53 Å². The van der Waals surface area contributed by atoms with Crippen LogP contribution >= 0.6 is 0 Å². The van der Waals surface area contributed by atoms with Crippen LogP contribution in [0.25, 0.3) is 0 Å². The van der Waals surface area contributed by atoms with Crippen LogP contribution in [0.15, 0.2) is 48.7 Å². The number of rotatable bonds is 5. The number of fused-ring (bicyclic) bond motifs is 1. The first kappa shape index (κ1) is 18.6. The summed E-state index contributed by atoms with van der Waals surface area (Å²) in [5, 5.41) is 4.43. The van der Waals surface area contributed by atoms with Crippen molar-refractivity contribution in [3.8, 4) is 5.88 Å². The first-order valence-electron chi connectivity index (χ1n) is 8.61. The molecule has 0 atom stereocenters. The number of hydrogen-bond acceptors (Lipinski definition) is 3. The molecular weight excluding hydrogens is 316 g/mol. The van der Waals surface area contributed by atoms with E-state index in [2.05, 4.69) is 16.7 Å². The summed E-state index contributed by atoms with van der Waals surface area (Å²) in [6.45, 7) is 12.0. The van der Waals surface area contributed by atoms with Gasteiger partial charge in [-0.1, -0.05) is 32.6 Å². The van der Waals surface area contributed by atoms with Crippen LogP contribution in [0.5, 0.6) is 5.88 Å². The zero-order valence-corrected chi connectivity index (χ0v) is 15.2. The Kier molecular flexibility index (Phi) is 6.62. The van der Waals surface area contributed by atoms with Gasteiger partial charge in [-0.05, 0) is 24.6 Å². The normalized spacial score (nSPS) is 13.6. The monoisotopic (exact) mass is 342 g/mol. The number of hydrogen-bond donors (Lipinski definition) is 1. The molecule has 1 N–H and O–H groups in total. The van der Waals surface area contributed by atoms with Crippen molar-refractivity contribution in [1.29, 1.82) is 0 Å². The molecule has 1 aliphatic heterocycles. The third-order valence-corrected chi connectivity index (χ3v) is 3.91. The van der Waals surface area contributed by atoms with Gasteiger partial charge in [0.15, 0.2) is 0 Å². The molecule has 1 aliphatic rings. The van der Waals surface area contributed by atoms with Gasteiger partial charge >= 0.3 is 0 Å². The number of carbonyl (C=O) groups excluding carboxylic acids is 1. The minimum Gasteiger partial charge on any atom is -0.472 e. The number of H-pyrrole nitrogens is 1. The Morgan fingerprint density at radius 2 is 2.24 bits per heavy atom. The molecule has 1 amide bonds. The molecule has 25 heavy (non-hydrogen) atoms. The molecule has 3 rings (SSSR count). The van der Waals surface area contributed by atoms with E-state index in [1.807, 2.05) is 48.6 Å². The van der Waals surface area contributed by atoms with Crippen molar-refractivity contribution in [1.82, 2.24) is 19.7 Å². The van der Waals surface area contributed by atoms with E-state index in [0.29, 0.717) is 37.8 Å². The first-order valence-corrected chi connectivity index (χ1v) is 8.61. The van der Waals surface area contributed by atoms with Crippen LogP contribution in [0.2, 0.25) is 0 Å². The van der Waals surface area contributed by atoms with Gasteiger partial charge in [-0.3, -0.25) is 9.48 Å². The van der Waals surface area contributed by atoms with Gasteiger partial charge in [0.25, 0.3) is 5.91 Å². The predicted octanol–water partition coefficient (Wildman–Crippen LogP) is 3.40. The molecule has 3 heterocycles. The number of aromatic amines is 1. The zero-order valence-electron chi connectivity index (χ0n) is 15.2. The Morgan fingerprint density at radius 3 is 2.88 bits per heavy atom. The van der Waals surface area contributed by atoms with Crippen molar-refractivity contribution in [2.24, 2.45) is 0 Å². The average molecular weight is 342 g/mol. The topological polar surface area (TPSA) is 63.1 Å². The number of allylic oxidation sites excluding steroid dienone is 1. The Morgan fingerprint density at radius 1 is 1.44 bits per heavy atom. The van der Waals surface area contributed by atoms with Crippen molar-refractivity contribution >= 4 is 5.91 Å². The van der Waals surface area contributed by atoms with E-state index in [9.17, 15) is 4.79 Å². The van der Waals surface area contributed by atoms with E-state index in [1.165, 1.54) is 0 Å². The summed E-state index contributed by atoms with van der Waals surface area (Å²) in [6, 6.07) is 5.51. The van der Waals surface area contributed by atoms with Gasteiger partial charge in [0.05, 0.1) is 18.8 Å². The molecule has 6 heteroatoms. The summed E-state index contributed by atoms with van der Waals surface area (Å²) < 4.78 is 7.59. The Balaban J connectivity index is 0.00000109. The molecule has 134 valence electrons. The Hall–Kier alpha value is -2.76. The highest BCUT2D eigenvalue weighted by Gasteiger charge is 2.24. The third-order valence-electron chi connectivity index (χ3n) is 3.91. The van der Waals surface area contributed by atoms with E-state index in [1.54, 1.807) is 18.3 Å². The number of ether oxygens (including phenoxy) is 1. The lowest BCUT2D eigenvalue weighted by Gasteiger charge is -2.27. The highest BCUT2D eigenvalue weighted by molar-refractivity contribution is 5.92. The molecule has 6 nitrogen and oxygen atoms in total. The molecule has 0 fully saturated rings. The van der Waals surface area contributed by atoms with Crippen LogP contribution in [0.3, 0.4) is 0 Å².